The lowest BCUT2D eigenvalue weighted by molar-refractivity contribution is -0.124. The van der Waals surface area contributed by atoms with Gasteiger partial charge in [-0.2, -0.15) is 5.01 Å². The Hall–Kier alpha value is -2.28. The van der Waals surface area contributed by atoms with Gasteiger partial charge in [0.1, 0.15) is 0 Å². The molecule has 6 nitrogen and oxygen atoms in total. The van der Waals surface area contributed by atoms with E-state index in [2.05, 4.69) is 0 Å². The van der Waals surface area contributed by atoms with Crippen LogP contribution in [0.1, 0.15) is 5.56 Å². The molecule has 1 saturated heterocycles. The number of primary amides is 1. The van der Waals surface area contributed by atoms with Crippen molar-refractivity contribution < 1.29 is 14.4 Å². The Morgan fingerprint density at radius 1 is 1.28 bits per heavy atom. The molecule has 1 fully saturated rings. The molecule has 0 aliphatic carbocycles. The van der Waals surface area contributed by atoms with Crippen LogP contribution in [0.25, 0.3) is 6.08 Å². The molecule has 7 heteroatoms. The van der Waals surface area contributed by atoms with Gasteiger partial charge in [-0.25, -0.2) is 10.2 Å². The highest BCUT2D eigenvalue weighted by Crippen LogP contribution is 2.30. The maximum atomic E-state index is 11.8. The molecule has 0 aromatic heterocycles. The summed E-state index contributed by atoms with van der Waals surface area (Å²) in [7, 11) is 0. The number of nitrogens with two attached hydrogens (primary N) is 1. The van der Waals surface area contributed by atoms with E-state index in [-0.39, 0.29) is 4.91 Å². The number of nitrogens with zero attached hydrogens (tertiary/aromatic N) is 1. The lowest BCUT2D eigenvalue weighted by Crippen LogP contribution is -2.47. The number of hydrogen-bond acceptors (Lipinski definition) is 4. The van der Waals surface area contributed by atoms with Crippen LogP contribution < -0.4 is 11.2 Å². The topological polar surface area (TPSA) is 92.5 Å². The number of urea groups is 1. The minimum Gasteiger partial charge on any atom is -0.350 e. The highest BCUT2D eigenvalue weighted by Gasteiger charge is 2.36. The Morgan fingerprint density at radius 2 is 1.94 bits per heavy atom. The van der Waals surface area contributed by atoms with Gasteiger partial charge in [0.05, 0.1) is 4.91 Å². The number of thioether (sulfide) groups is 1. The first-order chi connectivity index (χ1) is 8.58. The Kier molecular flexibility index (Phi) is 3.33. The number of imide groups is 1. The summed E-state index contributed by atoms with van der Waals surface area (Å²) in [5.41, 5.74) is 7.63. The average Bonchev–Trinajstić information content (AvgIpc) is 2.58. The third-order valence-electron chi connectivity index (χ3n) is 2.11. The number of carbonyl (C=O) groups excluding carboxylic acids is 3. The molecule has 18 heavy (non-hydrogen) atoms. The molecule has 2 rings (SSSR count). The van der Waals surface area contributed by atoms with E-state index < -0.39 is 17.2 Å². The number of rotatable bonds is 2. The van der Waals surface area contributed by atoms with Gasteiger partial charge in [-0.1, -0.05) is 30.3 Å². The molecule has 0 unspecified atom stereocenters. The van der Waals surface area contributed by atoms with Gasteiger partial charge in [0, 0.05) is 0 Å². The quantitative estimate of drug-likeness (QED) is 0.787. The Balaban J connectivity index is 2.23. The predicted molar refractivity (Wildman–Crippen MR) is 67.0 cm³/mol. The molecule has 0 bridgehead atoms. The van der Waals surface area contributed by atoms with Gasteiger partial charge in [-0.15, -0.1) is 0 Å². The van der Waals surface area contributed by atoms with Crippen LogP contribution >= 0.6 is 11.8 Å². The van der Waals surface area contributed by atoms with E-state index in [1.54, 1.807) is 18.2 Å². The van der Waals surface area contributed by atoms with Crippen molar-refractivity contribution in [1.82, 2.24) is 10.4 Å². The first-order valence-corrected chi connectivity index (χ1v) is 5.78. The maximum absolute atomic E-state index is 11.8. The van der Waals surface area contributed by atoms with Crippen LogP contribution in [0.2, 0.25) is 0 Å². The maximum Gasteiger partial charge on any atom is 0.331 e. The lowest BCUT2D eigenvalue weighted by atomic mass is 10.2. The zero-order valence-electron chi connectivity index (χ0n) is 9.12. The van der Waals surface area contributed by atoms with Crippen LogP contribution in [0, 0.1) is 0 Å². The summed E-state index contributed by atoms with van der Waals surface area (Å²) >= 11 is 0.747. The van der Waals surface area contributed by atoms with Crippen molar-refractivity contribution in [3.63, 3.8) is 0 Å². The van der Waals surface area contributed by atoms with E-state index in [0.717, 1.165) is 17.3 Å². The molecular weight excluding hydrogens is 254 g/mol. The van der Waals surface area contributed by atoms with E-state index in [4.69, 9.17) is 5.73 Å². The van der Waals surface area contributed by atoms with E-state index in [1.165, 1.54) is 0 Å². The molecule has 92 valence electrons. The number of hydrazine groups is 1. The largest absolute Gasteiger partial charge is 0.350 e. The van der Waals surface area contributed by atoms with Crippen molar-refractivity contribution in [2.45, 2.75) is 0 Å². The van der Waals surface area contributed by atoms with Gasteiger partial charge in [-0.05, 0) is 23.4 Å². The average molecular weight is 263 g/mol. The first-order valence-electron chi connectivity index (χ1n) is 4.97. The third kappa shape index (κ3) is 2.51. The summed E-state index contributed by atoms with van der Waals surface area (Å²) in [5.74, 6) is -0.590. The van der Waals surface area contributed by atoms with Crippen LogP contribution in [-0.2, 0) is 4.79 Å². The van der Waals surface area contributed by atoms with Crippen molar-refractivity contribution in [2.75, 3.05) is 0 Å². The highest BCUT2D eigenvalue weighted by atomic mass is 32.2. The summed E-state index contributed by atoms with van der Waals surface area (Å²) in [6, 6.07) is 8.12. The number of hydrogen-bond donors (Lipinski definition) is 2. The van der Waals surface area contributed by atoms with Crippen LogP contribution in [0.15, 0.2) is 35.2 Å². The first kappa shape index (κ1) is 12.2. The van der Waals surface area contributed by atoms with Gasteiger partial charge < -0.3 is 5.73 Å². The van der Waals surface area contributed by atoms with Crippen LogP contribution in [-0.4, -0.2) is 22.2 Å². The van der Waals surface area contributed by atoms with E-state index >= 15 is 0 Å². The van der Waals surface area contributed by atoms with Gasteiger partial charge >= 0.3 is 11.3 Å². The number of benzene rings is 1. The summed E-state index contributed by atoms with van der Waals surface area (Å²) in [4.78, 5) is 34.2. The van der Waals surface area contributed by atoms with Crippen LogP contribution in [0.5, 0.6) is 0 Å². The highest BCUT2D eigenvalue weighted by molar-refractivity contribution is 8.18. The second kappa shape index (κ2) is 4.92. The fourth-order valence-corrected chi connectivity index (χ4v) is 2.16. The van der Waals surface area contributed by atoms with E-state index in [9.17, 15) is 14.4 Å². The standard InChI is InChI=1S/C11H9N3O3S/c12-10(16)13-14-9(15)8(18-11(14)17)6-7-4-2-1-3-5-7/h1-6H,(H3,12,13,16)/b8-6+. The van der Waals surface area contributed by atoms with E-state index in [1.807, 2.05) is 23.6 Å². The zero-order chi connectivity index (χ0) is 13.1. The molecule has 1 aromatic rings. The molecular formula is C11H9N3O3S. The monoisotopic (exact) mass is 263 g/mol. The molecule has 4 amide bonds. The number of amides is 4. The van der Waals surface area contributed by atoms with Gasteiger partial charge in [0.25, 0.3) is 5.91 Å². The minimum atomic E-state index is -0.960. The molecule has 0 radical (unpaired) electrons. The normalized spacial score (nSPS) is 17.3. The molecule has 0 spiro atoms. The predicted octanol–water partition coefficient (Wildman–Crippen LogP) is 1.31. The van der Waals surface area contributed by atoms with Gasteiger partial charge in [-0.3, -0.25) is 9.59 Å². The molecule has 1 aliphatic rings. The molecule has 0 atom stereocenters. The SMILES string of the molecule is NC(=O)NN1C(=O)S/C(=C/c2ccccc2)C1=O. The Bertz CT molecular complexity index is 542. The molecule has 0 saturated carbocycles. The Morgan fingerprint density at radius 3 is 2.56 bits per heavy atom. The van der Waals surface area contributed by atoms with Gasteiger partial charge in [0.2, 0.25) is 0 Å². The van der Waals surface area contributed by atoms with Crippen molar-refractivity contribution in [3.05, 3.63) is 40.8 Å². The summed E-state index contributed by atoms with van der Waals surface area (Å²) in [6.07, 6.45) is 1.58. The second-order valence-corrected chi connectivity index (χ2v) is 4.40. The molecule has 1 aromatic carbocycles. The summed E-state index contributed by atoms with van der Waals surface area (Å²) < 4.78 is 0. The zero-order valence-corrected chi connectivity index (χ0v) is 9.94. The molecule has 1 heterocycles. The fourth-order valence-electron chi connectivity index (χ4n) is 1.37. The minimum absolute atomic E-state index is 0.236. The van der Waals surface area contributed by atoms with Crippen molar-refractivity contribution in [1.29, 1.82) is 0 Å². The Labute approximate surface area is 107 Å². The van der Waals surface area contributed by atoms with Crippen LogP contribution in [0.4, 0.5) is 9.59 Å². The number of carbonyl (C=O) groups is 3. The fraction of sp³-hybridized carbons (Fsp3) is 0. The molecule has 1 aliphatic heterocycles. The smallest absolute Gasteiger partial charge is 0.331 e. The third-order valence-corrected chi connectivity index (χ3v) is 2.98. The lowest BCUT2D eigenvalue weighted by Gasteiger charge is -2.10. The van der Waals surface area contributed by atoms with Gasteiger partial charge in [0.15, 0.2) is 0 Å². The van der Waals surface area contributed by atoms with Crippen LogP contribution in [0.3, 0.4) is 0 Å². The summed E-state index contributed by atoms with van der Waals surface area (Å²) in [6.45, 7) is 0. The number of nitrogens with one attached hydrogen (secondary N) is 1. The van der Waals surface area contributed by atoms with Crippen molar-refractivity contribution in [2.24, 2.45) is 5.73 Å². The second-order valence-electron chi connectivity index (χ2n) is 3.40. The van der Waals surface area contributed by atoms with Crippen molar-refractivity contribution in [3.8, 4) is 0 Å². The summed E-state index contributed by atoms with van der Waals surface area (Å²) in [5, 5.41) is 0.0166. The van der Waals surface area contributed by atoms with E-state index in [0.29, 0.717) is 5.01 Å². The van der Waals surface area contributed by atoms with Crippen molar-refractivity contribution >= 4 is 35.0 Å². The molecule has 3 N–H and O–H groups in total.